The van der Waals surface area contributed by atoms with Crippen molar-refractivity contribution in [3.63, 3.8) is 0 Å². The Kier molecular flexibility index (Phi) is 5.69. The highest BCUT2D eigenvalue weighted by Crippen LogP contribution is 2.20. The number of carbonyl (C=O) groups is 1. The highest BCUT2D eigenvalue weighted by molar-refractivity contribution is 5.94. The molecule has 0 saturated heterocycles. The van der Waals surface area contributed by atoms with E-state index in [-0.39, 0.29) is 23.9 Å². The first-order valence-electron chi connectivity index (χ1n) is 6.06. The third kappa shape index (κ3) is 4.17. The third-order valence-corrected chi connectivity index (χ3v) is 2.56. The first-order chi connectivity index (χ1) is 8.99. The SMILES string of the molecule is CCOC(C)CNC(=O)c1cc(F)c(NC)c(F)c1. The number of ether oxygens (including phenoxy) is 1. The maximum atomic E-state index is 13.5. The van der Waals surface area contributed by atoms with Crippen molar-refractivity contribution in [1.82, 2.24) is 5.32 Å². The summed E-state index contributed by atoms with van der Waals surface area (Å²) in [5, 5.41) is 4.95. The number of rotatable bonds is 6. The van der Waals surface area contributed by atoms with Crippen molar-refractivity contribution in [2.45, 2.75) is 20.0 Å². The van der Waals surface area contributed by atoms with Crippen LogP contribution >= 0.6 is 0 Å². The smallest absolute Gasteiger partial charge is 0.251 e. The Bertz CT molecular complexity index is 429. The summed E-state index contributed by atoms with van der Waals surface area (Å²) in [4.78, 5) is 11.7. The van der Waals surface area contributed by atoms with Crippen LogP contribution in [-0.2, 0) is 4.74 Å². The van der Waals surface area contributed by atoms with Gasteiger partial charge < -0.3 is 15.4 Å². The summed E-state index contributed by atoms with van der Waals surface area (Å²) in [5.41, 5.74) is -0.308. The van der Waals surface area contributed by atoms with Crippen LogP contribution in [0.1, 0.15) is 24.2 Å². The Hall–Kier alpha value is -1.69. The average molecular weight is 272 g/mol. The van der Waals surface area contributed by atoms with Crippen molar-refractivity contribution in [3.05, 3.63) is 29.3 Å². The fraction of sp³-hybridized carbons (Fsp3) is 0.462. The number of anilines is 1. The topological polar surface area (TPSA) is 50.4 Å². The van der Waals surface area contributed by atoms with E-state index in [0.717, 1.165) is 12.1 Å². The van der Waals surface area contributed by atoms with Crippen molar-refractivity contribution in [2.75, 3.05) is 25.5 Å². The van der Waals surface area contributed by atoms with Crippen molar-refractivity contribution < 1.29 is 18.3 Å². The van der Waals surface area contributed by atoms with Crippen molar-refractivity contribution in [3.8, 4) is 0 Å². The van der Waals surface area contributed by atoms with Crippen LogP contribution in [0.2, 0.25) is 0 Å². The van der Waals surface area contributed by atoms with Gasteiger partial charge in [0.05, 0.1) is 6.10 Å². The minimum Gasteiger partial charge on any atom is -0.383 e. The van der Waals surface area contributed by atoms with Crippen LogP contribution in [0.15, 0.2) is 12.1 Å². The molecule has 0 aliphatic carbocycles. The van der Waals surface area contributed by atoms with Gasteiger partial charge in [0.25, 0.3) is 5.91 Å². The quantitative estimate of drug-likeness (QED) is 0.834. The molecule has 1 unspecified atom stereocenters. The number of halogens is 2. The van der Waals surface area contributed by atoms with E-state index >= 15 is 0 Å². The Labute approximate surface area is 111 Å². The second-order valence-electron chi connectivity index (χ2n) is 4.04. The fourth-order valence-electron chi connectivity index (χ4n) is 1.62. The lowest BCUT2D eigenvalue weighted by atomic mass is 10.1. The van der Waals surface area contributed by atoms with Crippen LogP contribution in [0.5, 0.6) is 0 Å². The van der Waals surface area contributed by atoms with Gasteiger partial charge in [-0.3, -0.25) is 4.79 Å². The Morgan fingerprint density at radius 3 is 2.42 bits per heavy atom. The second kappa shape index (κ2) is 7.04. The highest BCUT2D eigenvalue weighted by Gasteiger charge is 2.14. The Morgan fingerprint density at radius 2 is 1.95 bits per heavy atom. The molecule has 0 fully saturated rings. The van der Waals surface area contributed by atoms with Crippen LogP contribution in [0.3, 0.4) is 0 Å². The summed E-state index contributed by atoms with van der Waals surface area (Å²) >= 11 is 0. The largest absolute Gasteiger partial charge is 0.383 e. The zero-order chi connectivity index (χ0) is 14.4. The monoisotopic (exact) mass is 272 g/mol. The molecule has 19 heavy (non-hydrogen) atoms. The average Bonchev–Trinajstić information content (AvgIpc) is 2.36. The molecule has 1 amide bonds. The van der Waals surface area contributed by atoms with Gasteiger partial charge in [-0.15, -0.1) is 0 Å². The molecule has 0 aliphatic heterocycles. The molecule has 1 aromatic rings. The van der Waals surface area contributed by atoms with Crippen molar-refractivity contribution in [2.24, 2.45) is 0 Å². The molecule has 0 radical (unpaired) electrons. The van der Waals surface area contributed by atoms with Crippen LogP contribution in [0.25, 0.3) is 0 Å². The molecule has 2 N–H and O–H groups in total. The predicted octanol–water partition coefficient (Wildman–Crippen LogP) is 2.16. The number of hydrogen-bond acceptors (Lipinski definition) is 3. The molecule has 1 rings (SSSR count). The van der Waals surface area contributed by atoms with E-state index in [1.54, 1.807) is 6.92 Å². The molecule has 0 spiro atoms. The number of benzene rings is 1. The first kappa shape index (κ1) is 15.4. The van der Waals surface area contributed by atoms with E-state index in [0.29, 0.717) is 6.61 Å². The standard InChI is InChI=1S/C13H18F2N2O2/c1-4-19-8(2)7-17-13(18)9-5-10(14)12(16-3)11(15)6-9/h5-6,8,16H,4,7H2,1-3H3,(H,17,18). The summed E-state index contributed by atoms with van der Waals surface area (Å²) < 4.78 is 32.2. The van der Waals surface area contributed by atoms with Gasteiger partial charge in [0.15, 0.2) is 0 Å². The molecule has 4 nitrogen and oxygen atoms in total. The minimum atomic E-state index is -0.800. The second-order valence-corrected chi connectivity index (χ2v) is 4.04. The molecule has 0 bridgehead atoms. The lowest BCUT2D eigenvalue weighted by Gasteiger charge is -2.13. The van der Waals surface area contributed by atoms with Crippen LogP contribution < -0.4 is 10.6 Å². The minimum absolute atomic E-state index is 0.0577. The summed E-state index contributed by atoms with van der Waals surface area (Å²) in [7, 11) is 1.41. The van der Waals surface area contributed by atoms with Gasteiger partial charge in [-0.2, -0.15) is 0 Å². The molecule has 0 aliphatic rings. The van der Waals surface area contributed by atoms with Crippen molar-refractivity contribution in [1.29, 1.82) is 0 Å². The van der Waals surface area contributed by atoms with E-state index in [9.17, 15) is 13.6 Å². The summed E-state index contributed by atoms with van der Waals surface area (Å²) in [6.07, 6.45) is -0.153. The van der Waals surface area contributed by atoms with Gasteiger partial charge in [-0.1, -0.05) is 0 Å². The predicted molar refractivity (Wildman–Crippen MR) is 69.3 cm³/mol. The van der Waals surface area contributed by atoms with Gasteiger partial charge in [0.1, 0.15) is 17.3 Å². The molecule has 0 saturated carbocycles. The number of hydrogen-bond donors (Lipinski definition) is 2. The van der Waals surface area contributed by atoms with E-state index in [4.69, 9.17) is 4.74 Å². The van der Waals surface area contributed by atoms with Gasteiger partial charge in [0, 0.05) is 25.8 Å². The molecular formula is C13H18F2N2O2. The molecule has 1 atom stereocenters. The first-order valence-corrected chi connectivity index (χ1v) is 6.06. The van der Waals surface area contributed by atoms with Crippen molar-refractivity contribution >= 4 is 11.6 Å². The van der Waals surface area contributed by atoms with E-state index < -0.39 is 17.5 Å². The Balaban J connectivity index is 2.73. The molecule has 1 aromatic carbocycles. The van der Waals surface area contributed by atoms with Crippen LogP contribution in [0, 0.1) is 11.6 Å². The summed E-state index contributed by atoms with van der Waals surface area (Å²) in [6.45, 7) is 4.47. The third-order valence-electron chi connectivity index (χ3n) is 2.56. The molecular weight excluding hydrogens is 254 g/mol. The zero-order valence-electron chi connectivity index (χ0n) is 11.2. The van der Waals surface area contributed by atoms with Gasteiger partial charge in [-0.05, 0) is 26.0 Å². The van der Waals surface area contributed by atoms with E-state index in [1.807, 2.05) is 6.92 Å². The molecule has 0 aromatic heterocycles. The van der Waals surface area contributed by atoms with Crippen LogP contribution in [0.4, 0.5) is 14.5 Å². The Morgan fingerprint density at radius 1 is 1.37 bits per heavy atom. The zero-order valence-corrected chi connectivity index (χ0v) is 11.2. The highest BCUT2D eigenvalue weighted by atomic mass is 19.1. The number of amides is 1. The normalized spacial score (nSPS) is 12.1. The molecule has 6 heteroatoms. The fourth-order valence-corrected chi connectivity index (χ4v) is 1.62. The maximum Gasteiger partial charge on any atom is 0.251 e. The van der Waals surface area contributed by atoms with E-state index in [1.165, 1.54) is 7.05 Å². The molecule has 106 valence electrons. The van der Waals surface area contributed by atoms with E-state index in [2.05, 4.69) is 10.6 Å². The van der Waals surface area contributed by atoms with Gasteiger partial charge in [-0.25, -0.2) is 8.78 Å². The summed E-state index contributed by atoms with van der Waals surface area (Å²) in [6, 6.07) is 1.99. The number of carbonyl (C=O) groups excluding carboxylic acids is 1. The summed E-state index contributed by atoms with van der Waals surface area (Å²) in [5.74, 6) is -2.14. The number of nitrogens with one attached hydrogen (secondary N) is 2. The van der Waals surface area contributed by atoms with Gasteiger partial charge >= 0.3 is 0 Å². The lowest BCUT2D eigenvalue weighted by molar-refractivity contribution is 0.0695. The van der Waals surface area contributed by atoms with Crippen LogP contribution in [-0.4, -0.2) is 32.2 Å². The lowest BCUT2D eigenvalue weighted by Crippen LogP contribution is -2.32. The molecule has 0 heterocycles. The maximum absolute atomic E-state index is 13.5. The van der Waals surface area contributed by atoms with Gasteiger partial charge in [0.2, 0.25) is 0 Å².